The maximum Gasteiger partial charge on any atom is 0.307 e. The van der Waals surface area contributed by atoms with E-state index in [1.165, 1.54) is 12.1 Å². The van der Waals surface area contributed by atoms with Crippen LogP contribution in [-0.2, 0) is 22.4 Å². The number of rotatable bonds is 9. The molecule has 0 bridgehead atoms. The van der Waals surface area contributed by atoms with Crippen LogP contribution >= 0.6 is 0 Å². The molecule has 2 heterocycles. The van der Waals surface area contributed by atoms with Crippen LogP contribution in [-0.4, -0.2) is 48.5 Å². The third-order valence-electron chi connectivity index (χ3n) is 7.33. The van der Waals surface area contributed by atoms with E-state index in [4.69, 9.17) is 14.5 Å². The number of pyridine rings is 1. The lowest BCUT2D eigenvalue weighted by atomic mass is 9.90. The number of ether oxygens (including phenoxy) is 2. The van der Waals surface area contributed by atoms with Gasteiger partial charge in [-0.15, -0.1) is 0 Å². The molecule has 0 amide bonds. The van der Waals surface area contributed by atoms with Crippen LogP contribution in [0, 0.1) is 19.7 Å². The van der Waals surface area contributed by atoms with Gasteiger partial charge in [0.25, 0.3) is 0 Å². The minimum atomic E-state index is -0.871. The molecule has 1 aromatic heterocycles. The summed E-state index contributed by atoms with van der Waals surface area (Å²) in [6.07, 6.45) is 2.32. The van der Waals surface area contributed by atoms with Crippen LogP contribution in [0.3, 0.4) is 0 Å². The predicted octanol–water partition coefficient (Wildman–Crippen LogP) is 5.76. The number of hydrogen-bond donors (Lipinski definition) is 1. The molecule has 1 saturated heterocycles. The Morgan fingerprint density at radius 2 is 1.70 bits per heavy atom. The molecule has 37 heavy (non-hydrogen) atoms. The maximum atomic E-state index is 13.1. The summed E-state index contributed by atoms with van der Waals surface area (Å²) in [5.41, 5.74) is 6.10. The maximum absolute atomic E-state index is 13.1. The third-order valence-corrected chi connectivity index (χ3v) is 7.33. The first-order valence-electron chi connectivity index (χ1n) is 12.7. The highest BCUT2D eigenvalue weighted by Crippen LogP contribution is 2.40. The van der Waals surface area contributed by atoms with Gasteiger partial charge in [0.15, 0.2) is 0 Å². The van der Waals surface area contributed by atoms with E-state index >= 15 is 0 Å². The predicted molar refractivity (Wildman–Crippen MR) is 143 cm³/mol. The van der Waals surface area contributed by atoms with Crippen LogP contribution in [0.1, 0.15) is 42.3 Å². The highest BCUT2D eigenvalue weighted by atomic mass is 19.1. The van der Waals surface area contributed by atoms with Gasteiger partial charge in [-0.2, -0.15) is 0 Å². The largest absolute Gasteiger partial charge is 0.493 e. The summed E-state index contributed by atoms with van der Waals surface area (Å²) in [6.45, 7) is 8.03. The first-order valence-corrected chi connectivity index (χ1v) is 12.7. The van der Waals surface area contributed by atoms with Crippen molar-refractivity contribution in [3.05, 3.63) is 76.9 Å². The highest BCUT2D eigenvalue weighted by Gasteiger charge is 2.33. The number of aryl methyl sites for hydroxylation is 2. The molecular formula is C30H35FN2O4. The average molecular weight is 507 g/mol. The summed E-state index contributed by atoms with van der Waals surface area (Å²) >= 11 is 0. The van der Waals surface area contributed by atoms with E-state index in [0.717, 1.165) is 71.0 Å². The molecule has 0 unspecified atom stereocenters. The van der Waals surface area contributed by atoms with Crippen molar-refractivity contribution in [3.63, 3.8) is 0 Å². The second kappa shape index (κ2) is 11.3. The topological polar surface area (TPSA) is 71.9 Å². The van der Waals surface area contributed by atoms with Gasteiger partial charge in [0.05, 0.1) is 24.3 Å². The molecule has 196 valence electrons. The van der Waals surface area contributed by atoms with Gasteiger partial charge < -0.3 is 19.5 Å². The van der Waals surface area contributed by atoms with Gasteiger partial charge in [0.2, 0.25) is 0 Å². The van der Waals surface area contributed by atoms with Crippen molar-refractivity contribution >= 4 is 11.7 Å². The van der Waals surface area contributed by atoms with E-state index in [2.05, 4.69) is 11.8 Å². The zero-order valence-corrected chi connectivity index (χ0v) is 22.0. The van der Waals surface area contributed by atoms with E-state index in [1.54, 1.807) is 19.2 Å². The van der Waals surface area contributed by atoms with Crippen LogP contribution in [0.4, 0.5) is 10.1 Å². The van der Waals surface area contributed by atoms with Gasteiger partial charge in [-0.3, -0.25) is 9.78 Å². The number of carbonyl (C=O) groups is 1. The Labute approximate surface area is 218 Å². The molecule has 0 saturated carbocycles. The Bertz CT molecular complexity index is 1230. The SMILES string of the molecule is COC1(C)CCN(c2c(CC(=O)O)c(C)nc(C)c2-c2ccc(OCCc3ccc(F)cc3)cc2)CC1. The highest BCUT2D eigenvalue weighted by molar-refractivity contribution is 5.86. The van der Waals surface area contributed by atoms with Crippen LogP contribution in [0.15, 0.2) is 48.5 Å². The first kappa shape index (κ1) is 26.6. The second-order valence-electron chi connectivity index (χ2n) is 9.95. The molecule has 0 radical (unpaired) electrons. The van der Waals surface area contributed by atoms with E-state index in [9.17, 15) is 14.3 Å². The number of benzene rings is 2. The van der Waals surface area contributed by atoms with Gasteiger partial charge in [0, 0.05) is 49.1 Å². The zero-order valence-electron chi connectivity index (χ0n) is 22.0. The third kappa shape index (κ3) is 6.28. The monoisotopic (exact) mass is 506 g/mol. The summed E-state index contributed by atoms with van der Waals surface area (Å²) in [5, 5.41) is 9.68. The molecule has 7 heteroatoms. The van der Waals surface area contributed by atoms with Gasteiger partial charge in [-0.25, -0.2) is 4.39 Å². The summed E-state index contributed by atoms with van der Waals surface area (Å²) < 4.78 is 24.8. The Balaban J connectivity index is 1.61. The molecule has 1 aliphatic heterocycles. The summed E-state index contributed by atoms with van der Waals surface area (Å²) in [4.78, 5) is 18.8. The number of hydrogen-bond acceptors (Lipinski definition) is 5. The van der Waals surface area contributed by atoms with E-state index in [-0.39, 0.29) is 17.8 Å². The summed E-state index contributed by atoms with van der Waals surface area (Å²) in [5.74, 6) is -0.376. The van der Waals surface area contributed by atoms with Crippen LogP contribution in [0.5, 0.6) is 5.75 Å². The Hall–Kier alpha value is -3.45. The fourth-order valence-corrected chi connectivity index (χ4v) is 4.99. The molecule has 0 spiro atoms. The lowest BCUT2D eigenvalue weighted by Crippen LogP contribution is -2.44. The molecule has 3 aromatic rings. The van der Waals surface area contributed by atoms with Gasteiger partial charge in [-0.05, 0) is 69.0 Å². The number of aromatic nitrogens is 1. The number of halogens is 1. The van der Waals surface area contributed by atoms with Crippen LogP contribution in [0.2, 0.25) is 0 Å². The number of piperidine rings is 1. The summed E-state index contributed by atoms with van der Waals surface area (Å²) in [6, 6.07) is 14.3. The molecule has 2 aromatic carbocycles. The number of carboxylic acids is 1. The van der Waals surface area contributed by atoms with Crippen molar-refractivity contribution in [2.75, 3.05) is 31.7 Å². The molecule has 0 aliphatic carbocycles. The Morgan fingerprint density at radius 1 is 1.05 bits per heavy atom. The number of carboxylic acid groups (broad SMARTS) is 1. The van der Waals surface area contributed by atoms with E-state index in [1.807, 2.05) is 38.1 Å². The molecule has 0 atom stereocenters. The van der Waals surface area contributed by atoms with Crippen molar-refractivity contribution in [2.45, 2.75) is 52.1 Å². The van der Waals surface area contributed by atoms with E-state index < -0.39 is 5.97 Å². The average Bonchev–Trinajstić information content (AvgIpc) is 2.88. The molecule has 4 rings (SSSR count). The fourth-order valence-electron chi connectivity index (χ4n) is 4.99. The first-order chi connectivity index (χ1) is 17.7. The van der Waals surface area contributed by atoms with Crippen LogP contribution in [0.25, 0.3) is 11.1 Å². The quantitative estimate of drug-likeness (QED) is 0.398. The van der Waals surface area contributed by atoms with Crippen molar-refractivity contribution in [1.82, 2.24) is 4.98 Å². The molecule has 1 aliphatic rings. The lowest BCUT2D eigenvalue weighted by molar-refractivity contribution is -0.136. The molecule has 6 nitrogen and oxygen atoms in total. The number of anilines is 1. The zero-order chi connectivity index (χ0) is 26.6. The fraction of sp³-hybridized carbons (Fsp3) is 0.400. The van der Waals surface area contributed by atoms with Crippen molar-refractivity contribution in [2.24, 2.45) is 0 Å². The number of methoxy groups -OCH3 is 1. The lowest BCUT2D eigenvalue weighted by Gasteiger charge is -2.41. The second-order valence-corrected chi connectivity index (χ2v) is 9.95. The minimum absolute atomic E-state index is 0.0793. The minimum Gasteiger partial charge on any atom is -0.493 e. The molecule has 1 N–H and O–H groups in total. The van der Waals surface area contributed by atoms with E-state index in [0.29, 0.717) is 13.0 Å². The molecule has 1 fully saturated rings. The molecular weight excluding hydrogens is 471 g/mol. The number of aliphatic carboxylic acids is 1. The standard InChI is InChI=1S/C30H35FN2O4/c1-20-26(19-27(34)35)29(33-16-14-30(3,36-4)15-17-33)28(21(2)32-20)23-7-11-25(12-8-23)37-18-13-22-5-9-24(31)10-6-22/h5-12H,13-19H2,1-4H3,(H,34,35). The smallest absolute Gasteiger partial charge is 0.307 e. The number of nitrogens with zero attached hydrogens (tertiary/aromatic N) is 2. The van der Waals surface area contributed by atoms with Crippen molar-refractivity contribution in [1.29, 1.82) is 0 Å². The van der Waals surface area contributed by atoms with Crippen molar-refractivity contribution < 1.29 is 23.8 Å². The van der Waals surface area contributed by atoms with Gasteiger partial charge >= 0.3 is 5.97 Å². The Morgan fingerprint density at radius 3 is 2.30 bits per heavy atom. The van der Waals surface area contributed by atoms with Gasteiger partial charge in [-0.1, -0.05) is 24.3 Å². The Kier molecular flexibility index (Phi) is 8.13. The van der Waals surface area contributed by atoms with Crippen molar-refractivity contribution in [3.8, 4) is 16.9 Å². The van der Waals surface area contributed by atoms with Crippen LogP contribution < -0.4 is 9.64 Å². The van der Waals surface area contributed by atoms with Gasteiger partial charge in [0.1, 0.15) is 11.6 Å². The normalized spacial score (nSPS) is 15.0. The summed E-state index contributed by atoms with van der Waals surface area (Å²) in [7, 11) is 1.75.